The summed E-state index contributed by atoms with van der Waals surface area (Å²) in [6.07, 6.45) is 3.94. The number of nitrogens with zero attached hydrogens (tertiary/aromatic N) is 2. The van der Waals surface area contributed by atoms with Crippen LogP contribution >= 0.6 is 11.3 Å². The average molecular weight is 425 g/mol. The first kappa shape index (κ1) is 20.5. The lowest BCUT2D eigenvalue weighted by molar-refractivity contribution is 0.0561. The molecule has 0 N–H and O–H groups in total. The second-order valence-electron chi connectivity index (χ2n) is 7.52. The molecule has 0 saturated heterocycles. The first-order valence-corrected chi connectivity index (χ1v) is 11.2. The number of hydrogen-bond acceptors (Lipinski definition) is 4. The SMILES string of the molecule is Cc1nc(C(=O)N(CCCOc2ccc(F)cc2)C2CCC2)c(-c2ccccc2)s1. The van der Waals surface area contributed by atoms with Crippen LogP contribution in [0.1, 0.15) is 41.2 Å². The Morgan fingerprint density at radius 2 is 1.90 bits per heavy atom. The molecule has 6 heteroatoms. The van der Waals surface area contributed by atoms with E-state index in [0.29, 0.717) is 31.0 Å². The van der Waals surface area contributed by atoms with Gasteiger partial charge in [0.2, 0.25) is 0 Å². The van der Waals surface area contributed by atoms with Crippen molar-refractivity contribution in [3.63, 3.8) is 0 Å². The highest BCUT2D eigenvalue weighted by Gasteiger charge is 2.32. The Morgan fingerprint density at radius 1 is 1.17 bits per heavy atom. The number of aromatic nitrogens is 1. The summed E-state index contributed by atoms with van der Waals surface area (Å²) in [5.74, 6) is 0.362. The molecule has 4 rings (SSSR count). The monoisotopic (exact) mass is 424 g/mol. The lowest BCUT2D eigenvalue weighted by Gasteiger charge is -2.37. The topological polar surface area (TPSA) is 42.4 Å². The second-order valence-corrected chi connectivity index (χ2v) is 8.72. The molecular formula is C24H25FN2O2S. The number of halogens is 1. The number of carbonyl (C=O) groups is 1. The maximum absolute atomic E-state index is 13.5. The summed E-state index contributed by atoms with van der Waals surface area (Å²) in [5, 5.41) is 0.894. The summed E-state index contributed by atoms with van der Waals surface area (Å²) >= 11 is 1.56. The molecule has 1 amide bonds. The van der Waals surface area contributed by atoms with Gasteiger partial charge in [0.15, 0.2) is 0 Å². The van der Waals surface area contributed by atoms with E-state index in [0.717, 1.165) is 34.7 Å². The summed E-state index contributed by atoms with van der Waals surface area (Å²) in [7, 11) is 0. The highest BCUT2D eigenvalue weighted by atomic mass is 32.1. The van der Waals surface area contributed by atoms with Crippen molar-refractivity contribution < 1.29 is 13.9 Å². The van der Waals surface area contributed by atoms with E-state index in [1.807, 2.05) is 42.2 Å². The number of thiazole rings is 1. The van der Waals surface area contributed by atoms with Gasteiger partial charge >= 0.3 is 0 Å². The summed E-state index contributed by atoms with van der Waals surface area (Å²) in [6, 6.07) is 16.3. The first-order valence-electron chi connectivity index (χ1n) is 10.3. The van der Waals surface area contributed by atoms with E-state index < -0.39 is 0 Å². The molecule has 0 spiro atoms. The number of ether oxygens (including phenoxy) is 1. The summed E-state index contributed by atoms with van der Waals surface area (Å²) in [6.45, 7) is 3.04. The Kier molecular flexibility index (Phi) is 6.43. The van der Waals surface area contributed by atoms with Crippen LogP contribution in [-0.2, 0) is 0 Å². The van der Waals surface area contributed by atoms with Gasteiger partial charge in [0.05, 0.1) is 16.5 Å². The summed E-state index contributed by atoms with van der Waals surface area (Å²) < 4.78 is 18.7. The lowest BCUT2D eigenvalue weighted by atomic mass is 9.91. The van der Waals surface area contributed by atoms with Gasteiger partial charge in [-0.1, -0.05) is 30.3 Å². The minimum atomic E-state index is -0.281. The molecule has 1 aliphatic rings. The van der Waals surface area contributed by atoms with Crippen molar-refractivity contribution >= 4 is 17.2 Å². The highest BCUT2D eigenvalue weighted by molar-refractivity contribution is 7.15. The fourth-order valence-electron chi connectivity index (χ4n) is 3.60. The summed E-state index contributed by atoms with van der Waals surface area (Å²) in [4.78, 5) is 21.0. The minimum Gasteiger partial charge on any atom is -0.494 e. The van der Waals surface area contributed by atoms with Gasteiger partial charge in [-0.15, -0.1) is 11.3 Å². The average Bonchev–Trinajstić information content (AvgIpc) is 3.12. The van der Waals surface area contributed by atoms with Crippen molar-refractivity contribution in [1.29, 1.82) is 0 Å². The zero-order chi connectivity index (χ0) is 20.9. The molecule has 1 fully saturated rings. The van der Waals surface area contributed by atoms with Gasteiger partial charge < -0.3 is 9.64 Å². The Bertz CT molecular complexity index is 984. The van der Waals surface area contributed by atoms with Crippen molar-refractivity contribution in [1.82, 2.24) is 9.88 Å². The number of carbonyl (C=O) groups excluding carboxylic acids is 1. The highest BCUT2D eigenvalue weighted by Crippen LogP contribution is 2.33. The van der Waals surface area contributed by atoms with E-state index in [-0.39, 0.29) is 17.8 Å². The van der Waals surface area contributed by atoms with Crippen molar-refractivity contribution in [2.24, 2.45) is 0 Å². The molecule has 1 saturated carbocycles. The maximum atomic E-state index is 13.5. The van der Waals surface area contributed by atoms with E-state index in [2.05, 4.69) is 4.98 Å². The Morgan fingerprint density at radius 3 is 2.57 bits per heavy atom. The molecule has 2 aromatic carbocycles. The molecule has 3 aromatic rings. The Hall–Kier alpha value is -2.73. The van der Waals surface area contributed by atoms with Crippen LogP contribution in [0.2, 0.25) is 0 Å². The predicted octanol–water partition coefficient (Wildman–Crippen LogP) is 5.72. The van der Waals surface area contributed by atoms with Gasteiger partial charge in [0.25, 0.3) is 5.91 Å². The molecule has 30 heavy (non-hydrogen) atoms. The third-order valence-electron chi connectivity index (χ3n) is 5.37. The molecule has 4 nitrogen and oxygen atoms in total. The quantitative estimate of drug-likeness (QED) is 0.434. The van der Waals surface area contributed by atoms with Crippen LogP contribution in [0.25, 0.3) is 10.4 Å². The standard InChI is InChI=1S/C24H25FN2O2S/c1-17-26-22(23(30-17)18-7-3-2-4-8-18)24(28)27(20-9-5-10-20)15-6-16-29-21-13-11-19(25)12-14-21/h2-4,7-8,11-14,20H,5-6,9-10,15-16H2,1H3. The zero-order valence-electron chi connectivity index (χ0n) is 17.0. The van der Waals surface area contributed by atoms with E-state index in [1.54, 1.807) is 23.5 Å². The summed E-state index contributed by atoms with van der Waals surface area (Å²) in [5.41, 5.74) is 1.58. The van der Waals surface area contributed by atoms with Crippen molar-refractivity contribution in [3.8, 4) is 16.2 Å². The number of benzene rings is 2. The minimum absolute atomic E-state index is 0.00434. The van der Waals surface area contributed by atoms with Gasteiger partial charge in [0, 0.05) is 12.6 Å². The molecule has 0 atom stereocenters. The molecule has 1 aromatic heterocycles. The second kappa shape index (κ2) is 9.39. The fraction of sp³-hybridized carbons (Fsp3) is 0.333. The van der Waals surface area contributed by atoms with Crippen LogP contribution in [0.3, 0.4) is 0 Å². The van der Waals surface area contributed by atoms with Crippen molar-refractivity contribution in [3.05, 3.63) is 71.1 Å². The normalized spacial score (nSPS) is 13.7. The first-order chi connectivity index (χ1) is 14.6. The van der Waals surface area contributed by atoms with Gasteiger partial charge in [-0.05, 0) is 62.4 Å². The number of amides is 1. The maximum Gasteiger partial charge on any atom is 0.274 e. The smallest absolute Gasteiger partial charge is 0.274 e. The van der Waals surface area contributed by atoms with Gasteiger partial charge in [0.1, 0.15) is 17.3 Å². The predicted molar refractivity (Wildman–Crippen MR) is 117 cm³/mol. The number of hydrogen-bond donors (Lipinski definition) is 0. The van der Waals surface area contributed by atoms with Crippen molar-refractivity contribution in [2.75, 3.05) is 13.2 Å². The molecule has 0 aliphatic heterocycles. The third kappa shape index (κ3) is 4.70. The Balaban J connectivity index is 1.45. The van der Waals surface area contributed by atoms with Crippen LogP contribution in [0, 0.1) is 12.7 Å². The van der Waals surface area contributed by atoms with Crippen molar-refractivity contribution in [2.45, 2.75) is 38.6 Å². The van der Waals surface area contributed by atoms with E-state index >= 15 is 0 Å². The molecule has 1 heterocycles. The van der Waals surface area contributed by atoms with Crippen LogP contribution in [-0.4, -0.2) is 35.0 Å². The van der Waals surface area contributed by atoms with Gasteiger partial charge in [-0.2, -0.15) is 0 Å². The van der Waals surface area contributed by atoms with E-state index in [9.17, 15) is 9.18 Å². The lowest BCUT2D eigenvalue weighted by Crippen LogP contribution is -2.45. The van der Waals surface area contributed by atoms with Crippen LogP contribution in [0.5, 0.6) is 5.75 Å². The van der Waals surface area contributed by atoms with Crippen LogP contribution < -0.4 is 4.74 Å². The van der Waals surface area contributed by atoms with Gasteiger partial charge in [-0.25, -0.2) is 9.37 Å². The Labute approximate surface area is 180 Å². The molecule has 0 unspecified atom stereocenters. The molecule has 0 bridgehead atoms. The van der Waals surface area contributed by atoms with E-state index in [4.69, 9.17) is 4.74 Å². The van der Waals surface area contributed by atoms with E-state index in [1.165, 1.54) is 12.1 Å². The zero-order valence-corrected chi connectivity index (χ0v) is 17.8. The molecular weight excluding hydrogens is 399 g/mol. The molecule has 156 valence electrons. The van der Waals surface area contributed by atoms with Gasteiger partial charge in [-0.3, -0.25) is 4.79 Å². The molecule has 0 radical (unpaired) electrons. The third-order valence-corrected chi connectivity index (χ3v) is 6.39. The largest absolute Gasteiger partial charge is 0.494 e. The number of rotatable bonds is 8. The van der Waals surface area contributed by atoms with Crippen LogP contribution in [0.4, 0.5) is 4.39 Å². The fourth-order valence-corrected chi connectivity index (χ4v) is 4.51. The number of aryl methyl sites for hydroxylation is 1. The molecule has 1 aliphatic carbocycles. The van der Waals surface area contributed by atoms with Crippen LogP contribution in [0.15, 0.2) is 54.6 Å².